The molecule has 0 saturated heterocycles. The third kappa shape index (κ3) is 3.42. The lowest BCUT2D eigenvalue weighted by molar-refractivity contribution is 0.0551. The van der Waals surface area contributed by atoms with Crippen LogP contribution in [-0.2, 0) is 11.3 Å². The Morgan fingerprint density at radius 2 is 2.14 bits per heavy atom. The van der Waals surface area contributed by atoms with Crippen molar-refractivity contribution in [2.75, 3.05) is 6.61 Å². The average molecular weight is 285 g/mol. The average Bonchev–Trinajstić information content (AvgIpc) is 2.82. The van der Waals surface area contributed by atoms with Crippen molar-refractivity contribution in [3.63, 3.8) is 0 Å². The predicted octanol–water partition coefficient (Wildman–Crippen LogP) is 2.66. The van der Waals surface area contributed by atoms with E-state index in [4.69, 9.17) is 20.4 Å². The number of hydrogen-bond acceptors (Lipinski definition) is 5. The van der Waals surface area contributed by atoms with Gasteiger partial charge in [-0.3, -0.25) is 0 Å². The Balaban J connectivity index is 2.14. The summed E-state index contributed by atoms with van der Waals surface area (Å²) in [4.78, 5) is 11.9. The Morgan fingerprint density at radius 1 is 1.38 bits per heavy atom. The SMILES string of the molecule is C#CCOC(=O)c1ccccc1OCc1c(C)noc1C. The first-order valence-electron chi connectivity index (χ1n) is 6.37. The zero-order valence-electron chi connectivity index (χ0n) is 11.9. The number of rotatable bonds is 5. The number of terminal acetylenes is 1. The minimum absolute atomic E-state index is 0.0724. The fourth-order valence-corrected chi connectivity index (χ4v) is 1.80. The van der Waals surface area contributed by atoms with Crippen LogP contribution in [0.15, 0.2) is 28.8 Å². The van der Waals surface area contributed by atoms with Crippen LogP contribution < -0.4 is 4.74 Å². The van der Waals surface area contributed by atoms with E-state index in [1.807, 2.05) is 13.8 Å². The van der Waals surface area contributed by atoms with Crippen LogP contribution in [0.25, 0.3) is 0 Å². The molecule has 0 unspecified atom stereocenters. The second-order valence-electron chi connectivity index (χ2n) is 4.37. The predicted molar refractivity (Wildman–Crippen MR) is 75.9 cm³/mol. The van der Waals surface area contributed by atoms with Gasteiger partial charge in [0.05, 0.1) is 11.3 Å². The summed E-state index contributed by atoms with van der Waals surface area (Å²) >= 11 is 0. The van der Waals surface area contributed by atoms with Crippen LogP contribution in [0, 0.1) is 26.2 Å². The van der Waals surface area contributed by atoms with E-state index < -0.39 is 5.97 Å². The van der Waals surface area contributed by atoms with Gasteiger partial charge in [0.1, 0.15) is 23.7 Å². The highest BCUT2D eigenvalue weighted by Crippen LogP contribution is 2.22. The van der Waals surface area contributed by atoms with Gasteiger partial charge in [-0.2, -0.15) is 0 Å². The van der Waals surface area contributed by atoms with Crippen LogP contribution in [0.5, 0.6) is 5.75 Å². The van der Waals surface area contributed by atoms with Crippen molar-refractivity contribution >= 4 is 5.97 Å². The molecule has 0 amide bonds. The van der Waals surface area contributed by atoms with E-state index in [0.29, 0.717) is 17.1 Å². The molecule has 0 atom stereocenters. The van der Waals surface area contributed by atoms with Gasteiger partial charge in [0, 0.05) is 0 Å². The number of hydrogen-bond donors (Lipinski definition) is 0. The van der Waals surface area contributed by atoms with E-state index in [2.05, 4.69) is 11.1 Å². The second kappa shape index (κ2) is 6.62. The number of benzene rings is 1. The molecule has 0 aliphatic rings. The van der Waals surface area contributed by atoms with E-state index in [1.165, 1.54) is 0 Å². The minimum atomic E-state index is -0.512. The summed E-state index contributed by atoms with van der Waals surface area (Å²) in [6, 6.07) is 6.84. The van der Waals surface area contributed by atoms with Crippen LogP contribution in [0.3, 0.4) is 0 Å². The van der Waals surface area contributed by atoms with Crippen molar-refractivity contribution in [1.82, 2.24) is 5.16 Å². The fraction of sp³-hybridized carbons (Fsp3) is 0.250. The van der Waals surface area contributed by atoms with Gasteiger partial charge >= 0.3 is 5.97 Å². The molecule has 0 aliphatic carbocycles. The minimum Gasteiger partial charge on any atom is -0.488 e. The van der Waals surface area contributed by atoms with Gasteiger partial charge in [-0.25, -0.2) is 4.79 Å². The molecule has 0 N–H and O–H groups in total. The monoisotopic (exact) mass is 285 g/mol. The highest BCUT2D eigenvalue weighted by atomic mass is 16.5. The molecule has 0 radical (unpaired) electrons. The molecule has 1 aromatic heterocycles. The number of carbonyl (C=O) groups is 1. The quantitative estimate of drug-likeness (QED) is 0.624. The Labute approximate surface area is 122 Å². The molecule has 1 heterocycles. The number of para-hydroxylation sites is 1. The van der Waals surface area contributed by atoms with Crippen LogP contribution in [-0.4, -0.2) is 17.7 Å². The summed E-state index contributed by atoms with van der Waals surface area (Å²) in [7, 11) is 0. The molecular formula is C16H15NO4. The van der Waals surface area contributed by atoms with Gasteiger partial charge in [-0.15, -0.1) is 6.42 Å². The largest absolute Gasteiger partial charge is 0.488 e. The Morgan fingerprint density at radius 3 is 2.81 bits per heavy atom. The summed E-state index contributed by atoms with van der Waals surface area (Å²) in [5.41, 5.74) is 1.96. The van der Waals surface area contributed by atoms with Gasteiger partial charge in [0.25, 0.3) is 0 Å². The van der Waals surface area contributed by atoms with E-state index in [1.54, 1.807) is 24.3 Å². The molecular weight excluding hydrogens is 270 g/mol. The summed E-state index contributed by atoms with van der Waals surface area (Å²) in [6.45, 7) is 3.84. The third-order valence-corrected chi connectivity index (χ3v) is 2.95. The first-order valence-corrected chi connectivity index (χ1v) is 6.37. The van der Waals surface area contributed by atoms with Crippen LogP contribution in [0.2, 0.25) is 0 Å². The molecule has 5 heteroatoms. The molecule has 0 spiro atoms. The van der Waals surface area contributed by atoms with Crippen molar-refractivity contribution in [2.45, 2.75) is 20.5 Å². The van der Waals surface area contributed by atoms with E-state index >= 15 is 0 Å². The van der Waals surface area contributed by atoms with Gasteiger partial charge in [-0.1, -0.05) is 23.2 Å². The van der Waals surface area contributed by atoms with Crippen LogP contribution >= 0.6 is 0 Å². The van der Waals surface area contributed by atoms with Crippen molar-refractivity contribution in [2.24, 2.45) is 0 Å². The van der Waals surface area contributed by atoms with Gasteiger partial charge in [-0.05, 0) is 26.0 Å². The van der Waals surface area contributed by atoms with Crippen molar-refractivity contribution < 1.29 is 18.8 Å². The van der Waals surface area contributed by atoms with Crippen LogP contribution in [0.1, 0.15) is 27.4 Å². The summed E-state index contributed by atoms with van der Waals surface area (Å²) in [5.74, 6) is 2.87. The highest BCUT2D eigenvalue weighted by Gasteiger charge is 2.15. The normalized spacial score (nSPS) is 9.95. The number of esters is 1. The Bertz CT molecular complexity index is 662. The highest BCUT2D eigenvalue weighted by molar-refractivity contribution is 5.92. The van der Waals surface area contributed by atoms with E-state index in [-0.39, 0.29) is 13.2 Å². The standard InChI is InChI=1S/C16H15NO4/c1-4-9-19-16(18)13-7-5-6-8-15(13)20-10-14-11(2)17-21-12(14)3/h1,5-8H,9-10H2,2-3H3. The van der Waals surface area contributed by atoms with Gasteiger partial charge in [0.2, 0.25) is 0 Å². The van der Waals surface area contributed by atoms with Crippen molar-refractivity contribution in [3.05, 3.63) is 46.8 Å². The van der Waals surface area contributed by atoms with E-state index in [9.17, 15) is 4.79 Å². The summed E-state index contributed by atoms with van der Waals surface area (Å²) < 4.78 is 15.7. The first kappa shape index (κ1) is 14.7. The lowest BCUT2D eigenvalue weighted by atomic mass is 10.2. The molecule has 108 valence electrons. The molecule has 0 aliphatic heterocycles. The van der Waals surface area contributed by atoms with Gasteiger partial charge in [0.15, 0.2) is 6.61 Å². The Kier molecular flexibility index (Phi) is 4.62. The first-order chi connectivity index (χ1) is 10.1. The second-order valence-corrected chi connectivity index (χ2v) is 4.37. The lowest BCUT2D eigenvalue weighted by Crippen LogP contribution is -2.08. The molecule has 2 rings (SSSR count). The number of aromatic nitrogens is 1. The fourth-order valence-electron chi connectivity index (χ4n) is 1.80. The zero-order chi connectivity index (χ0) is 15.2. The number of aryl methyl sites for hydroxylation is 2. The lowest BCUT2D eigenvalue weighted by Gasteiger charge is -2.10. The Hall–Kier alpha value is -2.74. The maximum absolute atomic E-state index is 11.9. The molecule has 5 nitrogen and oxygen atoms in total. The van der Waals surface area contributed by atoms with E-state index in [0.717, 1.165) is 11.3 Å². The maximum atomic E-state index is 11.9. The molecule has 0 fully saturated rings. The number of carbonyl (C=O) groups excluding carboxylic acids is 1. The zero-order valence-corrected chi connectivity index (χ0v) is 11.9. The topological polar surface area (TPSA) is 61.6 Å². The van der Waals surface area contributed by atoms with Crippen LogP contribution in [0.4, 0.5) is 0 Å². The van der Waals surface area contributed by atoms with Gasteiger partial charge < -0.3 is 14.0 Å². The van der Waals surface area contributed by atoms with Crippen molar-refractivity contribution in [3.8, 4) is 18.1 Å². The molecule has 21 heavy (non-hydrogen) atoms. The number of nitrogens with zero attached hydrogens (tertiary/aromatic N) is 1. The molecule has 0 saturated carbocycles. The third-order valence-electron chi connectivity index (χ3n) is 2.95. The molecule has 2 aromatic rings. The summed E-state index contributed by atoms with van der Waals surface area (Å²) in [6.07, 6.45) is 5.07. The molecule has 0 bridgehead atoms. The van der Waals surface area contributed by atoms with Crippen molar-refractivity contribution in [1.29, 1.82) is 0 Å². The smallest absolute Gasteiger partial charge is 0.342 e. The molecule has 1 aromatic carbocycles. The number of ether oxygens (including phenoxy) is 2. The maximum Gasteiger partial charge on any atom is 0.342 e. The summed E-state index contributed by atoms with van der Waals surface area (Å²) in [5, 5.41) is 3.86.